The molecule has 142 valence electrons. The van der Waals surface area contributed by atoms with Gasteiger partial charge < -0.3 is 10.6 Å². The lowest BCUT2D eigenvalue weighted by molar-refractivity contribution is 0.291. The zero-order chi connectivity index (χ0) is 19.4. The molecule has 0 radical (unpaired) electrons. The zero-order valence-electron chi connectivity index (χ0n) is 16.3. The van der Waals surface area contributed by atoms with Crippen LogP contribution in [0, 0.1) is 6.92 Å². The molecule has 0 aliphatic carbocycles. The van der Waals surface area contributed by atoms with E-state index in [9.17, 15) is 0 Å². The number of nitrogens with zero attached hydrogens (tertiary/aromatic N) is 3. The van der Waals surface area contributed by atoms with Crippen LogP contribution in [-0.2, 0) is 17.8 Å². The topological polar surface area (TPSA) is 66.0 Å². The molecule has 0 fully saturated rings. The minimum absolute atomic E-state index is 0.125. The SMILES string of the molecule is Cc1ccc(CSc2nnc(COc3ccc(C(C)(C)C)cc3)n2N)cc1. The van der Waals surface area contributed by atoms with E-state index in [0.29, 0.717) is 11.0 Å². The van der Waals surface area contributed by atoms with Crippen LogP contribution in [0.25, 0.3) is 0 Å². The summed E-state index contributed by atoms with van der Waals surface area (Å²) in [7, 11) is 0. The van der Waals surface area contributed by atoms with Crippen LogP contribution >= 0.6 is 11.8 Å². The maximum absolute atomic E-state index is 6.13. The third kappa shape index (κ3) is 5.04. The van der Waals surface area contributed by atoms with Crippen molar-refractivity contribution in [1.82, 2.24) is 14.9 Å². The fourth-order valence-electron chi connectivity index (χ4n) is 2.54. The second-order valence-electron chi connectivity index (χ2n) is 7.61. The number of nitrogens with two attached hydrogens (primary N) is 1. The van der Waals surface area contributed by atoms with Crippen LogP contribution in [0.1, 0.15) is 43.3 Å². The van der Waals surface area contributed by atoms with Crippen molar-refractivity contribution in [2.24, 2.45) is 0 Å². The first-order valence-corrected chi connectivity index (χ1v) is 9.92. The van der Waals surface area contributed by atoms with Gasteiger partial charge in [-0.3, -0.25) is 0 Å². The van der Waals surface area contributed by atoms with Crippen molar-refractivity contribution in [3.8, 4) is 5.75 Å². The van der Waals surface area contributed by atoms with E-state index in [0.717, 1.165) is 11.5 Å². The summed E-state index contributed by atoms with van der Waals surface area (Å²) < 4.78 is 7.32. The van der Waals surface area contributed by atoms with E-state index in [4.69, 9.17) is 10.6 Å². The van der Waals surface area contributed by atoms with Gasteiger partial charge in [-0.05, 0) is 35.6 Å². The molecule has 1 aromatic heterocycles. The molecule has 0 amide bonds. The molecule has 1 heterocycles. The molecular formula is C21H26N4OS. The van der Waals surface area contributed by atoms with Gasteiger partial charge in [0.25, 0.3) is 0 Å². The van der Waals surface area contributed by atoms with Gasteiger partial charge in [0.05, 0.1) is 0 Å². The Morgan fingerprint density at radius 1 is 1.00 bits per heavy atom. The number of hydrogen-bond acceptors (Lipinski definition) is 5. The number of benzene rings is 2. The molecule has 3 rings (SSSR count). The largest absolute Gasteiger partial charge is 0.486 e. The number of ether oxygens (including phenoxy) is 1. The van der Waals surface area contributed by atoms with Gasteiger partial charge in [-0.25, -0.2) is 4.68 Å². The molecule has 5 nitrogen and oxygen atoms in total. The van der Waals surface area contributed by atoms with Crippen LogP contribution < -0.4 is 10.6 Å². The van der Waals surface area contributed by atoms with Crippen LogP contribution in [0.15, 0.2) is 53.7 Å². The molecule has 0 atom stereocenters. The van der Waals surface area contributed by atoms with Crippen LogP contribution in [0.3, 0.4) is 0 Å². The molecular weight excluding hydrogens is 356 g/mol. The van der Waals surface area contributed by atoms with Gasteiger partial charge in [0.1, 0.15) is 12.4 Å². The van der Waals surface area contributed by atoms with Gasteiger partial charge in [-0.2, -0.15) is 0 Å². The first-order valence-electron chi connectivity index (χ1n) is 8.94. The molecule has 6 heteroatoms. The van der Waals surface area contributed by atoms with E-state index in [1.807, 2.05) is 12.1 Å². The van der Waals surface area contributed by atoms with Crippen molar-refractivity contribution in [3.63, 3.8) is 0 Å². The van der Waals surface area contributed by atoms with Crippen LogP contribution in [0.2, 0.25) is 0 Å². The number of aromatic nitrogens is 3. The second kappa shape index (κ2) is 8.05. The molecule has 0 aliphatic heterocycles. The maximum Gasteiger partial charge on any atom is 0.210 e. The quantitative estimate of drug-likeness (QED) is 0.503. The number of aryl methyl sites for hydroxylation is 1. The van der Waals surface area contributed by atoms with Gasteiger partial charge in [0.15, 0.2) is 5.82 Å². The summed E-state index contributed by atoms with van der Waals surface area (Å²) >= 11 is 1.56. The number of rotatable bonds is 6. The summed E-state index contributed by atoms with van der Waals surface area (Å²) in [6.07, 6.45) is 0. The average molecular weight is 383 g/mol. The Morgan fingerprint density at radius 2 is 1.67 bits per heavy atom. The number of thioether (sulfide) groups is 1. The van der Waals surface area contributed by atoms with Crippen LogP contribution in [0.5, 0.6) is 5.75 Å². The summed E-state index contributed by atoms with van der Waals surface area (Å²) in [5.41, 5.74) is 3.87. The van der Waals surface area contributed by atoms with Crippen molar-refractivity contribution in [2.45, 2.75) is 50.6 Å². The lowest BCUT2D eigenvalue weighted by Crippen LogP contribution is -2.16. The smallest absolute Gasteiger partial charge is 0.210 e. The zero-order valence-corrected chi connectivity index (χ0v) is 17.1. The standard InChI is InChI=1S/C21H26N4OS/c1-15-5-7-16(8-6-15)14-27-20-24-23-19(25(20)22)13-26-18-11-9-17(10-12-18)21(2,3)4/h5-12H,13-14,22H2,1-4H3. The fourth-order valence-corrected chi connectivity index (χ4v) is 3.37. The summed E-state index contributed by atoms with van der Waals surface area (Å²) in [5.74, 6) is 8.31. The summed E-state index contributed by atoms with van der Waals surface area (Å²) in [5, 5.41) is 9.01. The molecule has 27 heavy (non-hydrogen) atoms. The monoisotopic (exact) mass is 382 g/mol. The third-order valence-electron chi connectivity index (χ3n) is 4.31. The van der Waals surface area contributed by atoms with Gasteiger partial charge in [-0.1, -0.05) is 74.5 Å². The highest BCUT2D eigenvalue weighted by molar-refractivity contribution is 7.98. The fraction of sp³-hybridized carbons (Fsp3) is 0.333. The maximum atomic E-state index is 6.13. The van der Waals surface area contributed by atoms with Crippen molar-refractivity contribution in [2.75, 3.05) is 5.84 Å². The summed E-state index contributed by atoms with van der Waals surface area (Å²) in [6.45, 7) is 8.93. The predicted octanol–water partition coefficient (Wildman–Crippen LogP) is 4.47. The second-order valence-corrected chi connectivity index (χ2v) is 8.55. The highest BCUT2D eigenvalue weighted by Crippen LogP contribution is 2.25. The van der Waals surface area contributed by atoms with Gasteiger partial charge in [-0.15, -0.1) is 10.2 Å². The Labute approximate surface area is 164 Å². The average Bonchev–Trinajstić information content (AvgIpc) is 2.99. The van der Waals surface area contributed by atoms with E-state index < -0.39 is 0 Å². The molecule has 0 bridgehead atoms. The molecule has 0 spiro atoms. The molecule has 0 saturated heterocycles. The minimum atomic E-state index is 0.125. The Balaban J connectivity index is 1.57. The Morgan fingerprint density at radius 3 is 2.30 bits per heavy atom. The Kier molecular flexibility index (Phi) is 5.75. The van der Waals surface area contributed by atoms with E-state index >= 15 is 0 Å². The molecule has 0 aliphatic rings. The van der Waals surface area contributed by atoms with Crippen molar-refractivity contribution < 1.29 is 4.74 Å². The van der Waals surface area contributed by atoms with E-state index in [-0.39, 0.29) is 12.0 Å². The van der Waals surface area contributed by atoms with E-state index in [2.05, 4.69) is 74.3 Å². The molecule has 3 aromatic rings. The summed E-state index contributed by atoms with van der Waals surface area (Å²) in [6, 6.07) is 16.6. The van der Waals surface area contributed by atoms with Gasteiger partial charge >= 0.3 is 0 Å². The van der Waals surface area contributed by atoms with Crippen molar-refractivity contribution in [1.29, 1.82) is 0 Å². The van der Waals surface area contributed by atoms with E-state index in [1.54, 1.807) is 11.8 Å². The highest BCUT2D eigenvalue weighted by atomic mass is 32.2. The third-order valence-corrected chi connectivity index (χ3v) is 5.33. The minimum Gasteiger partial charge on any atom is -0.486 e. The Bertz CT molecular complexity index is 880. The molecule has 0 saturated carbocycles. The predicted molar refractivity (Wildman–Crippen MR) is 110 cm³/mol. The first kappa shape index (κ1) is 19.3. The molecule has 2 aromatic carbocycles. The van der Waals surface area contributed by atoms with Crippen molar-refractivity contribution in [3.05, 3.63) is 71.0 Å². The normalized spacial score (nSPS) is 11.6. The number of nitrogen functional groups attached to an aromatic ring is 1. The van der Waals surface area contributed by atoms with Crippen molar-refractivity contribution >= 4 is 11.8 Å². The van der Waals surface area contributed by atoms with Gasteiger partial charge in [0.2, 0.25) is 5.16 Å². The first-order chi connectivity index (χ1) is 12.8. The van der Waals surface area contributed by atoms with Crippen LogP contribution in [0.4, 0.5) is 0 Å². The molecule has 2 N–H and O–H groups in total. The number of hydrogen-bond donors (Lipinski definition) is 1. The summed E-state index contributed by atoms with van der Waals surface area (Å²) in [4.78, 5) is 0. The highest BCUT2D eigenvalue weighted by Gasteiger charge is 2.14. The lowest BCUT2D eigenvalue weighted by Gasteiger charge is -2.19. The van der Waals surface area contributed by atoms with E-state index in [1.165, 1.54) is 21.4 Å². The van der Waals surface area contributed by atoms with Crippen LogP contribution in [-0.4, -0.2) is 14.9 Å². The Hall–Kier alpha value is -2.47. The lowest BCUT2D eigenvalue weighted by atomic mass is 9.87. The molecule has 0 unspecified atom stereocenters. The van der Waals surface area contributed by atoms with Gasteiger partial charge in [0, 0.05) is 5.75 Å².